The van der Waals surface area contributed by atoms with Crippen molar-refractivity contribution in [3.8, 4) is 28.9 Å². The molecule has 1 heterocycles. The number of urea groups is 1. The van der Waals surface area contributed by atoms with Crippen LogP contribution >= 0.6 is 11.6 Å². The summed E-state index contributed by atoms with van der Waals surface area (Å²) in [6.07, 6.45) is -3.51. The minimum atomic E-state index is -4.86. The molecule has 0 atom stereocenters. The number of ether oxygens (including phenoxy) is 4. The summed E-state index contributed by atoms with van der Waals surface area (Å²) in [6, 6.07) is 21.8. The number of carbonyl (C=O) groups is 1. The molecule has 13 heteroatoms. The predicted molar refractivity (Wildman–Crippen MR) is 154 cm³/mol. The largest absolute Gasteiger partial charge is 0.573 e. The van der Waals surface area contributed by atoms with Crippen molar-refractivity contribution in [1.29, 1.82) is 0 Å². The van der Waals surface area contributed by atoms with Gasteiger partial charge in [-0.15, -0.1) is 13.2 Å². The second kappa shape index (κ2) is 12.7. The number of alkyl halides is 3. The van der Waals surface area contributed by atoms with Crippen LogP contribution in [0.15, 0.2) is 91.3 Å². The topological polar surface area (TPSA) is 104 Å². The molecule has 0 saturated carbocycles. The average molecular weight is 611 g/mol. The van der Waals surface area contributed by atoms with Crippen molar-refractivity contribution in [2.75, 3.05) is 17.7 Å². The Morgan fingerprint density at radius 1 is 0.884 bits per heavy atom. The van der Waals surface area contributed by atoms with E-state index in [2.05, 4.69) is 25.3 Å². The van der Waals surface area contributed by atoms with E-state index in [9.17, 15) is 18.0 Å². The van der Waals surface area contributed by atoms with E-state index in [4.69, 9.17) is 25.8 Å². The molecular weight excluding hydrogens is 589 g/mol. The first-order valence-corrected chi connectivity index (χ1v) is 13.0. The summed E-state index contributed by atoms with van der Waals surface area (Å²) in [7, 11) is 1.52. The normalized spacial score (nSPS) is 11.1. The lowest BCUT2D eigenvalue weighted by Gasteiger charge is -2.14. The zero-order chi connectivity index (χ0) is 30.4. The van der Waals surface area contributed by atoms with Gasteiger partial charge in [0.1, 0.15) is 24.4 Å². The van der Waals surface area contributed by atoms with Crippen molar-refractivity contribution in [3.05, 3.63) is 102 Å². The number of hydrogen-bond acceptors (Lipinski definition) is 7. The van der Waals surface area contributed by atoms with Gasteiger partial charge >= 0.3 is 12.4 Å². The fourth-order valence-electron chi connectivity index (χ4n) is 3.96. The molecule has 2 N–H and O–H groups in total. The van der Waals surface area contributed by atoms with Gasteiger partial charge in [0.15, 0.2) is 11.5 Å². The summed E-state index contributed by atoms with van der Waals surface area (Å²) in [4.78, 5) is 21.0. The van der Waals surface area contributed by atoms with Gasteiger partial charge in [0.2, 0.25) is 5.88 Å². The number of amides is 2. The monoisotopic (exact) mass is 610 g/mol. The van der Waals surface area contributed by atoms with E-state index in [1.165, 1.54) is 37.7 Å². The molecule has 0 spiro atoms. The van der Waals surface area contributed by atoms with Crippen molar-refractivity contribution in [1.82, 2.24) is 9.97 Å². The zero-order valence-electron chi connectivity index (χ0n) is 22.3. The Morgan fingerprint density at radius 3 is 2.44 bits per heavy atom. The van der Waals surface area contributed by atoms with E-state index < -0.39 is 18.1 Å². The van der Waals surface area contributed by atoms with Crippen LogP contribution in [0.4, 0.5) is 29.3 Å². The van der Waals surface area contributed by atoms with Crippen LogP contribution in [0.5, 0.6) is 28.9 Å². The third-order valence-electron chi connectivity index (χ3n) is 5.85. The van der Waals surface area contributed by atoms with E-state index in [0.29, 0.717) is 34.8 Å². The van der Waals surface area contributed by atoms with Gasteiger partial charge in [0, 0.05) is 23.9 Å². The molecule has 0 radical (unpaired) electrons. The number of carbonyl (C=O) groups excluding carboxylic acids is 1. The summed E-state index contributed by atoms with van der Waals surface area (Å²) in [6.45, 7) is 0.340. The fraction of sp³-hybridized carbons (Fsp3) is 0.100. The van der Waals surface area contributed by atoms with Crippen molar-refractivity contribution in [2.24, 2.45) is 0 Å². The van der Waals surface area contributed by atoms with Crippen LogP contribution in [-0.2, 0) is 6.61 Å². The third kappa shape index (κ3) is 7.74. The molecule has 220 valence electrons. The standard InChI is InChI=1S/C30H22ClF3N4O5/c1-40-26-14-22-25(15-27(26)41-16-18-6-3-2-4-7-18)35-17-36-28(22)42-20-10-11-24(23(31)13-20)38-29(39)37-19-8-5-9-21(12-19)43-30(32,33)34/h2-15,17H,16H2,1H3,(H2,37,38,39). The van der Waals surface area contributed by atoms with Crippen LogP contribution in [0.1, 0.15) is 5.56 Å². The maximum Gasteiger partial charge on any atom is 0.573 e. The molecule has 0 aliphatic rings. The molecule has 9 nitrogen and oxygen atoms in total. The highest BCUT2D eigenvalue weighted by Gasteiger charge is 2.31. The quantitative estimate of drug-likeness (QED) is 0.173. The van der Waals surface area contributed by atoms with Crippen LogP contribution < -0.4 is 29.6 Å². The third-order valence-corrected chi connectivity index (χ3v) is 6.16. The molecule has 1 aromatic heterocycles. The Balaban J connectivity index is 1.28. The lowest BCUT2D eigenvalue weighted by molar-refractivity contribution is -0.274. The lowest BCUT2D eigenvalue weighted by atomic mass is 10.2. The Bertz CT molecular complexity index is 1760. The molecule has 4 aromatic carbocycles. The second-order valence-corrected chi connectivity index (χ2v) is 9.28. The van der Waals surface area contributed by atoms with Gasteiger partial charge in [-0.25, -0.2) is 14.8 Å². The summed E-state index contributed by atoms with van der Waals surface area (Å²) < 4.78 is 58.8. The number of halogens is 4. The van der Waals surface area contributed by atoms with Gasteiger partial charge < -0.3 is 29.6 Å². The molecule has 5 rings (SSSR count). The number of benzene rings is 4. The van der Waals surface area contributed by atoms with Crippen molar-refractivity contribution < 1.29 is 36.9 Å². The number of nitrogens with one attached hydrogen (secondary N) is 2. The van der Waals surface area contributed by atoms with E-state index in [0.717, 1.165) is 17.7 Å². The van der Waals surface area contributed by atoms with Gasteiger partial charge in [-0.05, 0) is 35.9 Å². The number of anilines is 2. The van der Waals surface area contributed by atoms with Gasteiger partial charge in [0.25, 0.3) is 0 Å². The minimum Gasteiger partial charge on any atom is -0.493 e. The Kier molecular flexibility index (Phi) is 8.67. The lowest BCUT2D eigenvalue weighted by Crippen LogP contribution is -2.20. The first-order chi connectivity index (χ1) is 20.7. The molecule has 0 fully saturated rings. The Labute approximate surface area is 248 Å². The zero-order valence-corrected chi connectivity index (χ0v) is 23.1. The summed E-state index contributed by atoms with van der Waals surface area (Å²) in [5, 5.41) is 5.65. The van der Waals surface area contributed by atoms with Crippen LogP contribution in [0, 0.1) is 0 Å². The summed E-state index contributed by atoms with van der Waals surface area (Å²) in [5.41, 5.74) is 1.85. The first kappa shape index (κ1) is 29.3. The van der Waals surface area contributed by atoms with Gasteiger partial charge in [-0.2, -0.15) is 0 Å². The number of fused-ring (bicyclic) bond motifs is 1. The molecule has 0 aliphatic heterocycles. The van der Waals surface area contributed by atoms with E-state index >= 15 is 0 Å². The Morgan fingerprint density at radius 2 is 1.70 bits per heavy atom. The number of aromatic nitrogens is 2. The highest BCUT2D eigenvalue weighted by Crippen LogP contribution is 2.37. The maximum absolute atomic E-state index is 12.5. The highest BCUT2D eigenvalue weighted by atomic mass is 35.5. The molecular formula is C30H22ClF3N4O5. The van der Waals surface area contributed by atoms with E-state index in [-0.39, 0.29) is 22.3 Å². The highest BCUT2D eigenvalue weighted by molar-refractivity contribution is 6.34. The second-order valence-electron chi connectivity index (χ2n) is 8.87. The van der Waals surface area contributed by atoms with Crippen LogP contribution in [0.25, 0.3) is 10.9 Å². The smallest absolute Gasteiger partial charge is 0.493 e. The molecule has 0 saturated heterocycles. The molecule has 2 amide bonds. The summed E-state index contributed by atoms with van der Waals surface area (Å²) in [5.74, 6) is 1.03. The molecule has 0 bridgehead atoms. The molecule has 5 aromatic rings. The molecule has 43 heavy (non-hydrogen) atoms. The average Bonchev–Trinajstić information content (AvgIpc) is 2.97. The van der Waals surface area contributed by atoms with Crippen molar-refractivity contribution in [3.63, 3.8) is 0 Å². The predicted octanol–water partition coefficient (Wildman–Crippen LogP) is 8.21. The van der Waals surface area contributed by atoms with Crippen LogP contribution in [0.2, 0.25) is 5.02 Å². The SMILES string of the molecule is COc1cc2c(Oc3ccc(NC(=O)Nc4cccc(OC(F)(F)F)c4)c(Cl)c3)ncnc2cc1OCc1ccccc1. The molecule has 0 aliphatic carbocycles. The van der Waals surface area contributed by atoms with Gasteiger partial charge in [0.05, 0.1) is 28.7 Å². The van der Waals surface area contributed by atoms with E-state index in [1.54, 1.807) is 18.2 Å². The van der Waals surface area contributed by atoms with E-state index in [1.807, 2.05) is 30.3 Å². The summed E-state index contributed by atoms with van der Waals surface area (Å²) >= 11 is 6.38. The minimum absolute atomic E-state index is 0.0787. The number of nitrogens with zero attached hydrogens (tertiary/aromatic N) is 2. The first-order valence-electron chi connectivity index (χ1n) is 12.6. The van der Waals surface area contributed by atoms with Crippen LogP contribution in [-0.4, -0.2) is 29.5 Å². The van der Waals surface area contributed by atoms with Crippen molar-refractivity contribution in [2.45, 2.75) is 13.0 Å². The van der Waals surface area contributed by atoms with Crippen LogP contribution in [0.3, 0.4) is 0 Å². The number of methoxy groups -OCH3 is 1. The molecule has 0 unspecified atom stereocenters. The fourth-order valence-corrected chi connectivity index (χ4v) is 4.18. The maximum atomic E-state index is 12.5. The van der Waals surface area contributed by atoms with Gasteiger partial charge in [-0.3, -0.25) is 0 Å². The number of rotatable bonds is 9. The van der Waals surface area contributed by atoms with Crippen molar-refractivity contribution >= 4 is 39.9 Å². The Hall–Kier alpha value is -5.23. The van der Waals surface area contributed by atoms with Gasteiger partial charge in [-0.1, -0.05) is 48.0 Å². The number of hydrogen-bond donors (Lipinski definition) is 2.